The van der Waals surface area contributed by atoms with Gasteiger partial charge in [-0.3, -0.25) is 0 Å². The molecule has 0 saturated carbocycles. The van der Waals surface area contributed by atoms with Crippen LogP contribution in [0, 0.1) is 0 Å². The number of alkyl halides is 6. The number of hydrogen-bond donors (Lipinski definition) is 1. The van der Waals surface area contributed by atoms with E-state index in [0.717, 1.165) is 18.2 Å². The van der Waals surface area contributed by atoms with Crippen molar-refractivity contribution >= 4 is 21.9 Å². The van der Waals surface area contributed by atoms with Gasteiger partial charge in [-0.15, -0.1) is 0 Å². The van der Waals surface area contributed by atoms with Gasteiger partial charge in [0.25, 0.3) is 0 Å². The summed E-state index contributed by atoms with van der Waals surface area (Å²) in [5.74, 6) is 0. The zero-order valence-electron chi connectivity index (χ0n) is 10.1. The molecule has 3 rings (SSSR count). The topological polar surface area (TPSA) is 28.7 Å². The van der Waals surface area contributed by atoms with Gasteiger partial charge in [-0.25, -0.2) is 4.98 Å². The Balaban J connectivity index is 2.31. The first-order chi connectivity index (χ1) is 9.66. The van der Waals surface area contributed by atoms with Gasteiger partial charge < -0.3 is 4.98 Å². The van der Waals surface area contributed by atoms with Crippen LogP contribution in [0.5, 0.6) is 0 Å². The predicted molar refractivity (Wildman–Crippen MR) is 63.6 cm³/mol. The molecule has 0 amide bonds. The highest BCUT2D eigenvalue weighted by atomic mass is 19.4. The molecule has 0 radical (unpaired) electrons. The Morgan fingerprint density at radius 2 is 1.43 bits per heavy atom. The average Bonchev–Trinajstić information content (AvgIpc) is 2.73. The fourth-order valence-electron chi connectivity index (χ4n) is 2.10. The Hall–Kier alpha value is -2.25. The Morgan fingerprint density at radius 1 is 0.810 bits per heavy atom. The van der Waals surface area contributed by atoms with Crippen LogP contribution in [-0.4, -0.2) is 9.97 Å². The summed E-state index contributed by atoms with van der Waals surface area (Å²) in [7, 11) is 0. The van der Waals surface area contributed by atoms with Crippen LogP contribution in [0.15, 0.2) is 30.5 Å². The van der Waals surface area contributed by atoms with Gasteiger partial charge in [0.1, 0.15) is 5.65 Å². The second kappa shape index (κ2) is 4.12. The molecule has 0 aliphatic rings. The summed E-state index contributed by atoms with van der Waals surface area (Å²) in [5.41, 5.74) is -1.52. The number of halogens is 6. The highest BCUT2D eigenvalue weighted by Gasteiger charge is 2.33. The molecule has 0 saturated heterocycles. The molecule has 0 aliphatic heterocycles. The normalized spacial score (nSPS) is 13.2. The van der Waals surface area contributed by atoms with Crippen molar-refractivity contribution in [2.45, 2.75) is 12.4 Å². The van der Waals surface area contributed by atoms with E-state index < -0.39 is 23.5 Å². The zero-order valence-corrected chi connectivity index (χ0v) is 10.1. The third kappa shape index (κ3) is 2.30. The molecule has 2 nitrogen and oxygen atoms in total. The zero-order chi connectivity index (χ0) is 15.4. The molecule has 0 fully saturated rings. The summed E-state index contributed by atoms with van der Waals surface area (Å²) in [6, 6.07) is 3.65. The summed E-state index contributed by atoms with van der Waals surface area (Å²) in [6.07, 6.45) is -8.53. The molecular weight excluding hydrogens is 298 g/mol. The predicted octanol–water partition coefficient (Wildman–Crippen LogP) is 4.75. The van der Waals surface area contributed by atoms with E-state index in [1.54, 1.807) is 0 Å². The number of fused-ring (bicyclic) bond motifs is 3. The molecule has 2 heterocycles. The maximum absolute atomic E-state index is 12.7. The minimum Gasteiger partial charge on any atom is -0.339 e. The smallest absolute Gasteiger partial charge is 0.339 e. The maximum Gasteiger partial charge on any atom is 0.417 e. The summed E-state index contributed by atoms with van der Waals surface area (Å²) >= 11 is 0. The molecule has 0 spiro atoms. The van der Waals surface area contributed by atoms with Crippen molar-refractivity contribution in [3.8, 4) is 0 Å². The Labute approximate surface area is 113 Å². The summed E-state index contributed by atoms with van der Waals surface area (Å²) in [5, 5.41) is 0.0596. The molecule has 0 aliphatic carbocycles. The summed E-state index contributed by atoms with van der Waals surface area (Å²) in [6.45, 7) is 0. The number of rotatable bonds is 0. The van der Waals surface area contributed by atoms with Crippen molar-refractivity contribution in [2.75, 3.05) is 0 Å². The number of nitrogens with zero attached hydrogens (tertiary/aromatic N) is 1. The molecule has 110 valence electrons. The van der Waals surface area contributed by atoms with E-state index in [1.807, 2.05) is 0 Å². The molecule has 21 heavy (non-hydrogen) atoms. The molecule has 0 bridgehead atoms. The lowest BCUT2D eigenvalue weighted by Crippen LogP contribution is -2.05. The van der Waals surface area contributed by atoms with Crippen LogP contribution in [0.3, 0.4) is 0 Å². The first-order valence-corrected chi connectivity index (χ1v) is 5.72. The van der Waals surface area contributed by atoms with Crippen LogP contribution in [-0.2, 0) is 12.4 Å². The van der Waals surface area contributed by atoms with Crippen molar-refractivity contribution in [1.82, 2.24) is 9.97 Å². The van der Waals surface area contributed by atoms with E-state index in [1.165, 1.54) is 6.07 Å². The number of hydrogen-bond acceptors (Lipinski definition) is 1. The van der Waals surface area contributed by atoms with Gasteiger partial charge in [-0.2, -0.15) is 26.3 Å². The third-order valence-electron chi connectivity index (χ3n) is 3.11. The maximum atomic E-state index is 12.7. The number of benzene rings is 1. The van der Waals surface area contributed by atoms with Crippen molar-refractivity contribution in [1.29, 1.82) is 0 Å². The number of aromatic nitrogens is 2. The Bertz CT molecular complexity index is 760. The van der Waals surface area contributed by atoms with Gasteiger partial charge in [0.05, 0.1) is 11.1 Å². The van der Waals surface area contributed by atoms with E-state index in [9.17, 15) is 26.3 Å². The van der Waals surface area contributed by atoms with Crippen LogP contribution in [0.2, 0.25) is 0 Å². The highest BCUT2D eigenvalue weighted by Crippen LogP contribution is 2.36. The Morgan fingerprint density at radius 3 is 2.05 bits per heavy atom. The first kappa shape index (κ1) is 13.7. The van der Waals surface area contributed by atoms with Gasteiger partial charge >= 0.3 is 12.4 Å². The quantitative estimate of drug-likeness (QED) is 0.596. The second-order valence-electron chi connectivity index (χ2n) is 4.50. The third-order valence-corrected chi connectivity index (χ3v) is 3.11. The van der Waals surface area contributed by atoms with Gasteiger partial charge in [-0.05, 0) is 24.3 Å². The number of pyridine rings is 1. The van der Waals surface area contributed by atoms with Gasteiger partial charge in [-0.1, -0.05) is 0 Å². The van der Waals surface area contributed by atoms with Crippen molar-refractivity contribution in [2.24, 2.45) is 0 Å². The Kier molecular flexibility index (Phi) is 2.69. The van der Waals surface area contributed by atoms with Gasteiger partial charge in [0, 0.05) is 22.5 Å². The number of nitrogens with one attached hydrogen (secondary N) is 1. The van der Waals surface area contributed by atoms with Crippen LogP contribution >= 0.6 is 0 Å². The SMILES string of the molecule is FC(F)(F)c1ccc2[nH]c3ncc(C(F)(F)F)cc3c2c1. The average molecular weight is 304 g/mol. The lowest BCUT2D eigenvalue weighted by Gasteiger charge is -2.07. The summed E-state index contributed by atoms with van der Waals surface area (Å²) in [4.78, 5) is 6.31. The van der Waals surface area contributed by atoms with Crippen molar-refractivity contribution in [3.63, 3.8) is 0 Å². The summed E-state index contributed by atoms with van der Waals surface area (Å²) < 4.78 is 76.0. The van der Waals surface area contributed by atoms with Crippen LogP contribution in [0.1, 0.15) is 11.1 Å². The van der Waals surface area contributed by atoms with E-state index >= 15 is 0 Å². The fraction of sp³-hybridized carbons (Fsp3) is 0.154. The van der Waals surface area contributed by atoms with Crippen molar-refractivity contribution < 1.29 is 26.3 Å². The minimum absolute atomic E-state index is 0.00549. The van der Waals surface area contributed by atoms with E-state index in [0.29, 0.717) is 11.7 Å². The lowest BCUT2D eigenvalue weighted by molar-refractivity contribution is -0.138. The fourth-order valence-corrected chi connectivity index (χ4v) is 2.10. The van der Waals surface area contributed by atoms with E-state index in [-0.39, 0.29) is 16.4 Å². The van der Waals surface area contributed by atoms with Crippen LogP contribution in [0.4, 0.5) is 26.3 Å². The molecule has 0 atom stereocenters. The molecule has 2 aromatic heterocycles. The molecule has 3 aromatic rings. The largest absolute Gasteiger partial charge is 0.417 e. The molecule has 0 unspecified atom stereocenters. The standard InChI is InChI=1S/C13H6F6N2/c14-12(15,16)6-1-2-10-8(3-6)9-4-7(13(17,18)19)5-20-11(9)21-10/h1-5H,(H,20,21). The molecular formula is C13H6F6N2. The lowest BCUT2D eigenvalue weighted by atomic mass is 10.1. The highest BCUT2D eigenvalue weighted by molar-refractivity contribution is 6.06. The molecule has 8 heteroatoms. The van der Waals surface area contributed by atoms with Crippen LogP contribution in [0.25, 0.3) is 21.9 Å². The van der Waals surface area contributed by atoms with Crippen molar-refractivity contribution in [3.05, 3.63) is 41.6 Å². The first-order valence-electron chi connectivity index (χ1n) is 5.72. The number of H-pyrrole nitrogens is 1. The van der Waals surface area contributed by atoms with E-state index in [2.05, 4.69) is 9.97 Å². The molecule has 1 aromatic carbocycles. The molecule has 1 N–H and O–H groups in total. The number of aromatic amines is 1. The monoisotopic (exact) mass is 304 g/mol. The van der Waals surface area contributed by atoms with E-state index in [4.69, 9.17) is 0 Å². The minimum atomic E-state index is -4.60. The van der Waals surface area contributed by atoms with Crippen LogP contribution < -0.4 is 0 Å². The van der Waals surface area contributed by atoms with Gasteiger partial charge in [0.15, 0.2) is 0 Å². The van der Waals surface area contributed by atoms with Gasteiger partial charge in [0.2, 0.25) is 0 Å². The second-order valence-corrected chi connectivity index (χ2v) is 4.50.